The number of ether oxygens (including phenoxy) is 1. The van der Waals surface area contributed by atoms with Gasteiger partial charge in [-0.3, -0.25) is 0 Å². The van der Waals surface area contributed by atoms with Crippen molar-refractivity contribution in [3.8, 4) is 0 Å². The molecule has 10 heavy (non-hydrogen) atoms. The highest BCUT2D eigenvalue weighted by atomic mass is 16.5. The highest BCUT2D eigenvalue weighted by Crippen LogP contribution is 1.85. The van der Waals surface area contributed by atoms with Crippen LogP contribution in [0.1, 0.15) is 6.92 Å². The topological polar surface area (TPSA) is 29.5 Å². The summed E-state index contributed by atoms with van der Waals surface area (Å²) in [4.78, 5) is 0. The van der Waals surface area contributed by atoms with E-state index in [0.29, 0.717) is 5.76 Å². The summed E-state index contributed by atoms with van der Waals surface area (Å²) >= 11 is 0. The van der Waals surface area contributed by atoms with Gasteiger partial charge >= 0.3 is 0 Å². The molecule has 0 saturated carbocycles. The molecule has 56 valence electrons. The third-order valence-electron chi connectivity index (χ3n) is 0.774. The minimum atomic E-state index is 0.294. The Hall–Kier alpha value is -1.18. The van der Waals surface area contributed by atoms with Crippen molar-refractivity contribution < 1.29 is 9.84 Å². The molecule has 0 aromatic rings. The Kier molecular flexibility index (Phi) is 5.25. The zero-order valence-electron chi connectivity index (χ0n) is 6.24. The third kappa shape index (κ3) is 6.82. The summed E-state index contributed by atoms with van der Waals surface area (Å²) in [6, 6.07) is 0. The lowest BCUT2D eigenvalue weighted by Gasteiger charge is -1.81. The second-order valence-electron chi connectivity index (χ2n) is 1.76. The summed E-state index contributed by atoms with van der Waals surface area (Å²) in [5.74, 6) is 0.294. The van der Waals surface area contributed by atoms with Gasteiger partial charge in [0.1, 0.15) is 0 Å². The fourth-order valence-electron chi connectivity index (χ4n) is 0.383. The maximum atomic E-state index is 8.66. The molecule has 2 nitrogen and oxygen atoms in total. The molecule has 1 N–H and O–H groups in total. The molecule has 0 aliphatic rings. The first-order chi connectivity index (χ1) is 4.77. The van der Waals surface area contributed by atoms with Crippen LogP contribution in [-0.4, -0.2) is 12.2 Å². The number of rotatable bonds is 3. The summed E-state index contributed by atoms with van der Waals surface area (Å²) in [7, 11) is 1.58. The van der Waals surface area contributed by atoms with E-state index in [1.54, 1.807) is 44.6 Å². The van der Waals surface area contributed by atoms with Crippen molar-refractivity contribution >= 4 is 0 Å². The van der Waals surface area contributed by atoms with E-state index in [1.165, 1.54) is 0 Å². The molecule has 0 spiro atoms. The lowest BCUT2D eigenvalue weighted by Crippen LogP contribution is -1.65. The van der Waals surface area contributed by atoms with Crippen LogP contribution in [0.3, 0.4) is 0 Å². The second kappa shape index (κ2) is 5.95. The van der Waals surface area contributed by atoms with Crippen LogP contribution in [-0.2, 0) is 4.74 Å². The molecule has 0 radical (unpaired) electrons. The molecule has 0 aromatic carbocycles. The van der Waals surface area contributed by atoms with Gasteiger partial charge in [-0.05, 0) is 19.1 Å². The molecular formula is C8H12O2. The molecule has 0 aliphatic carbocycles. The molecule has 0 amide bonds. The quantitative estimate of drug-likeness (QED) is 0.481. The largest absolute Gasteiger partial charge is 0.513 e. The summed E-state index contributed by atoms with van der Waals surface area (Å²) < 4.78 is 4.63. The highest BCUT2D eigenvalue weighted by molar-refractivity contribution is 5.11. The van der Waals surface area contributed by atoms with Crippen molar-refractivity contribution in [2.75, 3.05) is 7.11 Å². The van der Waals surface area contributed by atoms with E-state index < -0.39 is 0 Å². The Balaban J connectivity index is 3.57. The lowest BCUT2D eigenvalue weighted by molar-refractivity contribution is 0.338. The van der Waals surface area contributed by atoms with Crippen LogP contribution in [0, 0.1) is 0 Å². The van der Waals surface area contributed by atoms with Crippen LogP contribution < -0.4 is 0 Å². The van der Waals surface area contributed by atoms with E-state index in [4.69, 9.17) is 5.11 Å². The van der Waals surface area contributed by atoms with Crippen LogP contribution in [0.15, 0.2) is 36.3 Å². The number of methoxy groups -OCH3 is 1. The molecule has 0 atom stereocenters. The molecule has 0 aliphatic heterocycles. The zero-order valence-corrected chi connectivity index (χ0v) is 6.24. The van der Waals surface area contributed by atoms with Gasteiger partial charge in [-0.2, -0.15) is 0 Å². The van der Waals surface area contributed by atoms with Gasteiger partial charge < -0.3 is 9.84 Å². The summed E-state index contributed by atoms with van der Waals surface area (Å²) in [6.45, 7) is 1.62. The maximum Gasteiger partial charge on any atom is 0.0891 e. The van der Waals surface area contributed by atoms with Crippen LogP contribution in [0.5, 0.6) is 0 Å². The SMILES string of the molecule is CO\C=C/C=C/C=C(\C)O. The molecule has 0 rings (SSSR count). The Morgan fingerprint density at radius 3 is 2.50 bits per heavy atom. The van der Waals surface area contributed by atoms with Gasteiger partial charge in [-0.25, -0.2) is 0 Å². The molecule has 0 heterocycles. The van der Waals surface area contributed by atoms with Gasteiger partial charge in [-0.1, -0.05) is 12.2 Å². The van der Waals surface area contributed by atoms with Crippen molar-refractivity contribution in [1.29, 1.82) is 0 Å². The fourth-order valence-corrected chi connectivity index (χ4v) is 0.383. The highest BCUT2D eigenvalue weighted by Gasteiger charge is 1.70. The Morgan fingerprint density at radius 2 is 2.00 bits per heavy atom. The summed E-state index contributed by atoms with van der Waals surface area (Å²) in [6.07, 6.45) is 8.38. The van der Waals surface area contributed by atoms with Crippen molar-refractivity contribution in [3.05, 3.63) is 36.3 Å². The van der Waals surface area contributed by atoms with Crippen molar-refractivity contribution in [3.63, 3.8) is 0 Å². The summed E-state index contributed by atoms with van der Waals surface area (Å²) in [5, 5.41) is 8.66. The normalized spacial score (nSPS) is 13.2. The first kappa shape index (κ1) is 8.82. The predicted molar refractivity (Wildman–Crippen MR) is 41.7 cm³/mol. The van der Waals surface area contributed by atoms with Crippen molar-refractivity contribution in [2.24, 2.45) is 0 Å². The van der Waals surface area contributed by atoms with E-state index in [9.17, 15) is 0 Å². The molecule has 0 aromatic heterocycles. The summed E-state index contributed by atoms with van der Waals surface area (Å²) in [5.41, 5.74) is 0. The number of hydrogen-bond acceptors (Lipinski definition) is 2. The minimum absolute atomic E-state index is 0.294. The third-order valence-corrected chi connectivity index (χ3v) is 0.774. The van der Waals surface area contributed by atoms with Crippen molar-refractivity contribution in [2.45, 2.75) is 6.92 Å². The number of allylic oxidation sites excluding steroid dienone is 5. The average molecular weight is 140 g/mol. The van der Waals surface area contributed by atoms with Crippen LogP contribution in [0.2, 0.25) is 0 Å². The first-order valence-corrected chi connectivity index (χ1v) is 2.99. The lowest BCUT2D eigenvalue weighted by atomic mass is 10.4. The number of aliphatic hydroxyl groups is 1. The van der Waals surface area contributed by atoms with Gasteiger partial charge in [-0.15, -0.1) is 0 Å². The fraction of sp³-hybridized carbons (Fsp3) is 0.250. The van der Waals surface area contributed by atoms with Crippen molar-refractivity contribution in [1.82, 2.24) is 0 Å². The molecular weight excluding hydrogens is 128 g/mol. The Bertz CT molecular complexity index is 151. The standard InChI is InChI=1S/C8H12O2/c1-8(9)6-4-3-5-7-10-2/h3-7,9H,1-2H3/b4-3+,7-5-,8-6+. The Labute approximate surface area is 61.1 Å². The van der Waals surface area contributed by atoms with Gasteiger partial charge in [0.25, 0.3) is 0 Å². The van der Waals surface area contributed by atoms with E-state index in [1.807, 2.05) is 0 Å². The van der Waals surface area contributed by atoms with Crippen LogP contribution in [0.4, 0.5) is 0 Å². The minimum Gasteiger partial charge on any atom is -0.513 e. The predicted octanol–water partition coefficient (Wildman–Crippen LogP) is 2.16. The van der Waals surface area contributed by atoms with E-state index in [-0.39, 0.29) is 0 Å². The van der Waals surface area contributed by atoms with Gasteiger partial charge in [0.15, 0.2) is 0 Å². The van der Waals surface area contributed by atoms with E-state index >= 15 is 0 Å². The monoisotopic (exact) mass is 140 g/mol. The molecule has 0 unspecified atom stereocenters. The van der Waals surface area contributed by atoms with Crippen LogP contribution in [0.25, 0.3) is 0 Å². The number of aliphatic hydroxyl groups excluding tert-OH is 1. The molecule has 2 heteroatoms. The molecule has 0 saturated heterocycles. The first-order valence-electron chi connectivity index (χ1n) is 2.99. The van der Waals surface area contributed by atoms with Gasteiger partial charge in [0.2, 0.25) is 0 Å². The van der Waals surface area contributed by atoms with Crippen LogP contribution >= 0.6 is 0 Å². The maximum absolute atomic E-state index is 8.66. The smallest absolute Gasteiger partial charge is 0.0891 e. The Morgan fingerprint density at radius 1 is 1.30 bits per heavy atom. The molecule has 0 bridgehead atoms. The molecule has 0 fully saturated rings. The second-order valence-corrected chi connectivity index (χ2v) is 1.76. The van der Waals surface area contributed by atoms with E-state index in [2.05, 4.69) is 4.74 Å². The number of hydrogen-bond donors (Lipinski definition) is 1. The van der Waals surface area contributed by atoms with Gasteiger partial charge in [0, 0.05) is 0 Å². The zero-order chi connectivity index (χ0) is 7.82. The van der Waals surface area contributed by atoms with Gasteiger partial charge in [0.05, 0.1) is 19.1 Å². The van der Waals surface area contributed by atoms with E-state index in [0.717, 1.165) is 0 Å². The average Bonchev–Trinajstić information content (AvgIpc) is 1.87.